The predicted octanol–water partition coefficient (Wildman–Crippen LogP) is 0.986. The average Bonchev–Trinajstić information content (AvgIpc) is 3.10. The van der Waals surface area contributed by atoms with Gasteiger partial charge in [0.05, 0.1) is 5.75 Å². The maximum atomic E-state index is 12.2. The number of nitrogens with one attached hydrogen (secondary N) is 4. The van der Waals surface area contributed by atoms with Crippen LogP contribution in [-0.4, -0.2) is 45.2 Å². The molecule has 1 fully saturated rings. The van der Waals surface area contributed by atoms with E-state index in [2.05, 4.69) is 31.5 Å². The van der Waals surface area contributed by atoms with Crippen LogP contribution in [0.3, 0.4) is 0 Å². The van der Waals surface area contributed by atoms with Gasteiger partial charge in [0.2, 0.25) is 22.9 Å². The molecule has 11 heteroatoms. The lowest BCUT2D eigenvalue weighted by molar-refractivity contribution is -0.125. The molecule has 154 valence electrons. The Morgan fingerprint density at radius 1 is 1.24 bits per heavy atom. The number of benzene rings is 1. The molecule has 1 aliphatic heterocycles. The molecular formula is C18H22N6O3S2. The van der Waals surface area contributed by atoms with Crippen LogP contribution in [0.25, 0.3) is 0 Å². The van der Waals surface area contributed by atoms with Crippen LogP contribution in [-0.2, 0) is 20.9 Å². The van der Waals surface area contributed by atoms with Gasteiger partial charge in [-0.15, -0.1) is 22.0 Å². The number of rotatable bonds is 8. The Hall–Kier alpha value is -2.50. The molecule has 9 nitrogen and oxygen atoms in total. The maximum Gasteiger partial charge on any atom is 0.236 e. The highest BCUT2D eigenvalue weighted by atomic mass is 32.2. The van der Waals surface area contributed by atoms with E-state index in [1.54, 1.807) is 6.92 Å². The zero-order valence-electron chi connectivity index (χ0n) is 15.8. The summed E-state index contributed by atoms with van der Waals surface area (Å²) in [6.07, 6.45) is 0.402. The van der Waals surface area contributed by atoms with Gasteiger partial charge in [-0.3, -0.25) is 25.0 Å². The molecule has 2 heterocycles. The topological polar surface area (TPSA) is 125 Å². The second-order valence-corrected chi connectivity index (χ2v) is 8.74. The van der Waals surface area contributed by atoms with E-state index in [1.165, 1.54) is 23.1 Å². The fourth-order valence-electron chi connectivity index (χ4n) is 2.72. The van der Waals surface area contributed by atoms with Crippen LogP contribution in [0.1, 0.15) is 23.4 Å². The van der Waals surface area contributed by atoms with Gasteiger partial charge in [0.25, 0.3) is 0 Å². The van der Waals surface area contributed by atoms with Gasteiger partial charge in [-0.2, -0.15) is 0 Å². The van der Waals surface area contributed by atoms with Gasteiger partial charge in [0.15, 0.2) is 0 Å². The Morgan fingerprint density at radius 3 is 2.76 bits per heavy atom. The summed E-state index contributed by atoms with van der Waals surface area (Å²) in [5.41, 5.74) is 0.574. The monoisotopic (exact) mass is 434 g/mol. The van der Waals surface area contributed by atoms with Gasteiger partial charge in [-0.1, -0.05) is 41.7 Å². The third-order valence-corrected chi connectivity index (χ3v) is 5.80. The average molecular weight is 435 g/mol. The lowest BCUT2D eigenvalue weighted by Crippen LogP contribution is -2.56. The molecule has 1 aromatic carbocycles. The van der Waals surface area contributed by atoms with Crippen molar-refractivity contribution in [1.29, 1.82) is 0 Å². The Morgan fingerprint density at radius 2 is 2.03 bits per heavy atom. The number of aromatic nitrogens is 2. The molecule has 2 atom stereocenters. The summed E-state index contributed by atoms with van der Waals surface area (Å²) in [5, 5.41) is 20.4. The molecule has 1 saturated heterocycles. The fourth-order valence-corrected chi connectivity index (χ4v) is 4.22. The minimum absolute atomic E-state index is 0.128. The van der Waals surface area contributed by atoms with E-state index < -0.39 is 5.50 Å². The van der Waals surface area contributed by atoms with Crippen molar-refractivity contribution < 1.29 is 14.4 Å². The number of carbonyl (C=O) groups is 3. The molecule has 3 rings (SSSR count). The molecule has 29 heavy (non-hydrogen) atoms. The van der Waals surface area contributed by atoms with Crippen LogP contribution >= 0.6 is 23.1 Å². The molecule has 0 aliphatic carbocycles. The summed E-state index contributed by atoms with van der Waals surface area (Å²) in [4.78, 5) is 36.2. The third kappa shape index (κ3) is 7.11. The smallest absolute Gasteiger partial charge is 0.236 e. The largest absolute Gasteiger partial charge is 0.352 e. The van der Waals surface area contributed by atoms with Crippen molar-refractivity contribution >= 4 is 46.0 Å². The Balaban J connectivity index is 1.41. The van der Waals surface area contributed by atoms with Crippen LogP contribution in [0.2, 0.25) is 0 Å². The summed E-state index contributed by atoms with van der Waals surface area (Å²) < 4.78 is 0. The Bertz CT molecular complexity index is 860. The highest BCUT2D eigenvalue weighted by Crippen LogP contribution is 2.17. The van der Waals surface area contributed by atoms with Crippen molar-refractivity contribution in [3.05, 3.63) is 40.9 Å². The van der Waals surface area contributed by atoms with Gasteiger partial charge in [0, 0.05) is 25.4 Å². The van der Waals surface area contributed by atoms with Crippen LogP contribution in [0.4, 0.5) is 5.13 Å². The SMILES string of the molecule is Cc1nnc(NC(=O)CSC2NC(=O)CC(CC(=O)NCc3ccccc3)N2)s1. The van der Waals surface area contributed by atoms with Crippen molar-refractivity contribution in [1.82, 2.24) is 26.1 Å². The number of carbonyl (C=O) groups excluding carboxylic acids is 3. The van der Waals surface area contributed by atoms with Gasteiger partial charge in [-0.05, 0) is 12.5 Å². The van der Waals surface area contributed by atoms with Gasteiger partial charge >= 0.3 is 0 Å². The summed E-state index contributed by atoms with van der Waals surface area (Å²) in [7, 11) is 0. The molecule has 0 bridgehead atoms. The molecule has 3 amide bonds. The molecule has 0 radical (unpaired) electrons. The maximum absolute atomic E-state index is 12.2. The predicted molar refractivity (Wildman–Crippen MR) is 112 cm³/mol. The fraction of sp³-hybridized carbons (Fsp3) is 0.389. The molecule has 1 aliphatic rings. The van der Waals surface area contributed by atoms with Crippen LogP contribution in [0.5, 0.6) is 0 Å². The van der Waals surface area contributed by atoms with E-state index in [0.29, 0.717) is 11.7 Å². The second-order valence-electron chi connectivity index (χ2n) is 6.47. The third-order valence-electron chi connectivity index (χ3n) is 4.03. The minimum Gasteiger partial charge on any atom is -0.352 e. The highest BCUT2D eigenvalue weighted by molar-refractivity contribution is 8.00. The highest BCUT2D eigenvalue weighted by Gasteiger charge is 2.28. The van der Waals surface area contributed by atoms with E-state index in [-0.39, 0.29) is 42.4 Å². The van der Waals surface area contributed by atoms with E-state index in [9.17, 15) is 14.4 Å². The Kier molecular flexibility index (Phi) is 7.55. The summed E-state index contributed by atoms with van der Waals surface area (Å²) >= 11 is 2.54. The number of amides is 3. The van der Waals surface area contributed by atoms with Gasteiger partial charge in [-0.25, -0.2) is 0 Å². The first-order valence-electron chi connectivity index (χ1n) is 9.05. The molecular weight excluding hydrogens is 412 g/mol. The van der Waals surface area contributed by atoms with Gasteiger partial charge < -0.3 is 10.6 Å². The molecule has 0 saturated carbocycles. The lowest BCUT2D eigenvalue weighted by atomic mass is 10.1. The Labute approximate surface area is 176 Å². The van der Waals surface area contributed by atoms with Crippen molar-refractivity contribution in [2.45, 2.75) is 37.8 Å². The second kappa shape index (κ2) is 10.3. The summed E-state index contributed by atoms with van der Waals surface area (Å²) in [6.45, 7) is 2.25. The molecule has 2 aromatic rings. The van der Waals surface area contributed by atoms with Crippen LogP contribution in [0, 0.1) is 6.92 Å². The first-order chi connectivity index (χ1) is 14.0. The first kappa shape index (κ1) is 21.2. The molecule has 4 N–H and O–H groups in total. The van der Waals surface area contributed by atoms with E-state index in [1.807, 2.05) is 30.3 Å². The van der Waals surface area contributed by atoms with E-state index in [0.717, 1.165) is 10.6 Å². The number of thioether (sulfide) groups is 1. The van der Waals surface area contributed by atoms with Crippen LogP contribution in [0.15, 0.2) is 30.3 Å². The van der Waals surface area contributed by atoms with Crippen molar-refractivity contribution in [2.24, 2.45) is 0 Å². The van der Waals surface area contributed by atoms with E-state index >= 15 is 0 Å². The van der Waals surface area contributed by atoms with Crippen molar-refractivity contribution in [2.75, 3.05) is 11.1 Å². The minimum atomic E-state index is -0.440. The number of hydrogen-bond acceptors (Lipinski definition) is 8. The zero-order chi connectivity index (χ0) is 20.6. The van der Waals surface area contributed by atoms with Crippen molar-refractivity contribution in [3.63, 3.8) is 0 Å². The quantitative estimate of drug-likeness (QED) is 0.488. The summed E-state index contributed by atoms with van der Waals surface area (Å²) in [5.74, 6) is -0.384. The molecule has 1 aromatic heterocycles. The molecule has 0 spiro atoms. The number of nitrogens with zero attached hydrogens (tertiary/aromatic N) is 2. The van der Waals surface area contributed by atoms with Crippen molar-refractivity contribution in [3.8, 4) is 0 Å². The summed E-state index contributed by atoms with van der Waals surface area (Å²) in [6, 6.07) is 9.34. The number of aryl methyl sites for hydroxylation is 1. The van der Waals surface area contributed by atoms with E-state index in [4.69, 9.17) is 0 Å². The normalized spacial score (nSPS) is 18.7. The number of anilines is 1. The number of hydrogen-bond donors (Lipinski definition) is 4. The molecule has 2 unspecified atom stereocenters. The standard InChI is InChI=1S/C18H22N6O3S2/c1-11-23-24-18(29-11)22-16(27)10-28-17-20-13(8-15(26)21-17)7-14(25)19-9-12-5-3-2-4-6-12/h2-6,13,17,20H,7-10H2,1H3,(H,19,25)(H,21,26)(H,22,24,27). The zero-order valence-corrected chi connectivity index (χ0v) is 17.4. The lowest BCUT2D eigenvalue weighted by Gasteiger charge is -2.30. The van der Waals surface area contributed by atoms with Crippen LogP contribution < -0.4 is 21.3 Å². The van der Waals surface area contributed by atoms with Gasteiger partial charge in [0.1, 0.15) is 10.5 Å². The first-order valence-corrected chi connectivity index (χ1v) is 10.9.